The van der Waals surface area contributed by atoms with Crippen molar-refractivity contribution < 1.29 is 4.79 Å². The van der Waals surface area contributed by atoms with Crippen LogP contribution in [0.15, 0.2) is 24.4 Å². The molecule has 1 atom stereocenters. The molecule has 4 rings (SSSR count). The van der Waals surface area contributed by atoms with Crippen molar-refractivity contribution in [3.63, 3.8) is 0 Å². The number of fused-ring (bicyclic) bond motifs is 1. The second-order valence-corrected chi connectivity index (χ2v) is 6.11. The van der Waals surface area contributed by atoms with E-state index in [1.54, 1.807) is 17.2 Å². The molecule has 2 aromatic heterocycles. The van der Waals surface area contributed by atoms with Crippen LogP contribution in [0.3, 0.4) is 0 Å². The Labute approximate surface area is 134 Å². The Bertz CT molecular complexity index is 692. The van der Waals surface area contributed by atoms with Crippen molar-refractivity contribution in [2.45, 2.75) is 31.8 Å². The molecule has 0 spiro atoms. The van der Waals surface area contributed by atoms with Crippen LogP contribution in [0.5, 0.6) is 0 Å². The summed E-state index contributed by atoms with van der Waals surface area (Å²) < 4.78 is 2.19. The van der Waals surface area contributed by atoms with E-state index in [1.165, 1.54) is 6.42 Å². The van der Waals surface area contributed by atoms with Crippen LogP contribution in [0.4, 0.5) is 0 Å². The predicted molar refractivity (Wildman–Crippen MR) is 83.8 cm³/mol. The van der Waals surface area contributed by atoms with Gasteiger partial charge in [-0.05, 0) is 31.5 Å². The number of hydrogen-bond acceptors (Lipinski definition) is 5. The number of rotatable bonds is 2. The normalized spacial score (nSPS) is 21.0. The van der Waals surface area contributed by atoms with Gasteiger partial charge >= 0.3 is 0 Å². The van der Waals surface area contributed by atoms with Crippen molar-refractivity contribution in [3.8, 4) is 0 Å². The Kier molecular flexibility index (Phi) is 3.78. The predicted octanol–water partition coefficient (Wildman–Crippen LogP) is 0.796. The molecule has 2 aromatic rings. The monoisotopic (exact) mass is 312 g/mol. The molecule has 4 heterocycles. The summed E-state index contributed by atoms with van der Waals surface area (Å²) in [6, 6.07) is 5.40. The molecular formula is C16H20N6O. The highest BCUT2D eigenvalue weighted by Gasteiger charge is 2.29. The van der Waals surface area contributed by atoms with Crippen molar-refractivity contribution in [2.24, 2.45) is 0 Å². The number of piperidine rings is 1. The second kappa shape index (κ2) is 6.08. The number of nitrogens with zero attached hydrogens (tertiary/aromatic N) is 5. The maximum atomic E-state index is 12.5. The van der Waals surface area contributed by atoms with Gasteiger partial charge < -0.3 is 14.8 Å². The maximum absolute atomic E-state index is 12.5. The molecular weight excluding hydrogens is 292 g/mol. The Hall–Kier alpha value is -2.28. The SMILES string of the molecule is O=C(c1ccccn1)N1CCn2c(nnc2C2CCCNC2)C1. The van der Waals surface area contributed by atoms with Gasteiger partial charge in [-0.2, -0.15) is 0 Å². The molecule has 7 heteroatoms. The molecule has 0 bridgehead atoms. The summed E-state index contributed by atoms with van der Waals surface area (Å²) in [7, 11) is 0. The fourth-order valence-electron chi connectivity index (χ4n) is 3.38. The molecule has 2 aliphatic heterocycles. The van der Waals surface area contributed by atoms with Crippen molar-refractivity contribution in [1.29, 1.82) is 0 Å². The smallest absolute Gasteiger partial charge is 0.272 e. The second-order valence-electron chi connectivity index (χ2n) is 6.11. The largest absolute Gasteiger partial charge is 0.328 e. The minimum atomic E-state index is -0.0410. The van der Waals surface area contributed by atoms with Gasteiger partial charge in [0, 0.05) is 31.7 Å². The summed E-state index contributed by atoms with van der Waals surface area (Å²) in [6.45, 7) is 3.99. The van der Waals surface area contributed by atoms with Crippen LogP contribution in [0.25, 0.3) is 0 Å². The number of hydrogen-bond donors (Lipinski definition) is 1. The van der Waals surface area contributed by atoms with E-state index in [0.29, 0.717) is 24.7 Å². The number of carbonyl (C=O) groups is 1. The lowest BCUT2D eigenvalue weighted by Gasteiger charge is -2.29. The first-order valence-electron chi connectivity index (χ1n) is 8.16. The van der Waals surface area contributed by atoms with Gasteiger partial charge in [0.2, 0.25) is 0 Å². The van der Waals surface area contributed by atoms with E-state index in [-0.39, 0.29) is 5.91 Å². The fraction of sp³-hybridized carbons (Fsp3) is 0.500. The Balaban J connectivity index is 1.52. The highest BCUT2D eigenvalue weighted by atomic mass is 16.2. The molecule has 1 fully saturated rings. The van der Waals surface area contributed by atoms with E-state index in [2.05, 4.69) is 25.1 Å². The molecule has 7 nitrogen and oxygen atoms in total. The third-order valence-corrected chi connectivity index (χ3v) is 4.62. The van der Waals surface area contributed by atoms with Gasteiger partial charge in [0.05, 0.1) is 6.54 Å². The molecule has 0 aromatic carbocycles. The zero-order chi connectivity index (χ0) is 15.6. The van der Waals surface area contributed by atoms with Crippen LogP contribution in [0.1, 0.15) is 40.9 Å². The standard InChI is InChI=1S/C16H20N6O/c23-16(13-5-1-2-7-18-13)21-8-9-22-14(11-21)19-20-15(22)12-4-3-6-17-10-12/h1-2,5,7,12,17H,3-4,6,8-11H2. The number of pyridine rings is 1. The van der Waals surface area contributed by atoms with Gasteiger partial charge in [0.25, 0.3) is 5.91 Å². The minimum absolute atomic E-state index is 0.0410. The van der Waals surface area contributed by atoms with E-state index in [0.717, 1.165) is 37.7 Å². The fourth-order valence-corrected chi connectivity index (χ4v) is 3.38. The highest BCUT2D eigenvalue weighted by molar-refractivity contribution is 5.92. The van der Waals surface area contributed by atoms with Crippen molar-refractivity contribution >= 4 is 5.91 Å². The molecule has 1 unspecified atom stereocenters. The van der Waals surface area contributed by atoms with Crippen LogP contribution in [0.2, 0.25) is 0 Å². The Morgan fingerprint density at radius 2 is 2.22 bits per heavy atom. The van der Waals surface area contributed by atoms with Gasteiger partial charge in [-0.3, -0.25) is 9.78 Å². The minimum Gasteiger partial charge on any atom is -0.328 e. The average Bonchev–Trinajstić information content (AvgIpc) is 3.06. The van der Waals surface area contributed by atoms with E-state index in [4.69, 9.17) is 0 Å². The van der Waals surface area contributed by atoms with Gasteiger partial charge in [-0.1, -0.05) is 6.07 Å². The van der Waals surface area contributed by atoms with Gasteiger partial charge in [-0.15, -0.1) is 10.2 Å². The van der Waals surface area contributed by atoms with E-state index in [9.17, 15) is 4.79 Å². The first-order valence-corrected chi connectivity index (χ1v) is 8.16. The van der Waals surface area contributed by atoms with Crippen molar-refractivity contribution in [3.05, 3.63) is 41.7 Å². The molecule has 0 saturated carbocycles. The lowest BCUT2D eigenvalue weighted by atomic mass is 9.99. The topological polar surface area (TPSA) is 75.9 Å². The summed E-state index contributed by atoms with van der Waals surface area (Å²) in [5.74, 6) is 2.34. The number of amides is 1. The number of aromatic nitrogens is 4. The Morgan fingerprint density at radius 3 is 3.00 bits per heavy atom. The molecule has 2 aliphatic rings. The van der Waals surface area contributed by atoms with E-state index in [1.807, 2.05) is 12.1 Å². The maximum Gasteiger partial charge on any atom is 0.272 e. The summed E-state index contributed by atoms with van der Waals surface area (Å²) >= 11 is 0. The van der Waals surface area contributed by atoms with Gasteiger partial charge in [-0.25, -0.2) is 0 Å². The Morgan fingerprint density at radius 1 is 1.26 bits per heavy atom. The van der Waals surface area contributed by atoms with Crippen molar-refractivity contribution in [1.82, 2.24) is 30.0 Å². The summed E-state index contributed by atoms with van der Waals surface area (Å²) in [5, 5.41) is 12.2. The first-order chi connectivity index (χ1) is 11.3. The van der Waals surface area contributed by atoms with Crippen LogP contribution in [-0.4, -0.2) is 50.2 Å². The number of carbonyl (C=O) groups excluding carboxylic acids is 1. The summed E-state index contributed by atoms with van der Waals surface area (Å²) in [6.07, 6.45) is 3.98. The van der Waals surface area contributed by atoms with Crippen LogP contribution in [0, 0.1) is 0 Å². The van der Waals surface area contributed by atoms with Crippen LogP contribution in [-0.2, 0) is 13.1 Å². The van der Waals surface area contributed by atoms with Crippen LogP contribution >= 0.6 is 0 Å². The van der Waals surface area contributed by atoms with Gasteiger partial charge in [0.1, 0.15) is 11.5 Å². The molecule has 23 heavy (non-hydrogen) atoms. The van der Waals surface area contributed by atoms with E-state index < -0.39 is 0 Å². The summed E-state index contributed by atoms with van der Waals surface area (Å²) in [5.41, 5.74) is 0.483. The third kappa shape index (κ3) is 2.72. The average molecular weight is 312 g/mol. The molecule has 1 saturated heterocycles. The molecule has 0 aliphatic carbocycles. The molecule has 1 N–H and O–H groups in total. The first kappa shape index (κ1) is 14.3. The lowest BCUT2D eigenvalue weighted by Crippen LogP contribution is -2.39. The number of nitrogens with one attached hydrogen (secondary N) is 1. The van der Waals surface area contributed by atoms with E-state index >= 15 is 0 Å². The molecule has 120 valence electrons. The lowest BCUT2D eigenvalue weighted by molar-refractivity contribution is 0.0700. The quantitative estimate of drug-likeness (QED) is 0.887. The summed E-state index contributed by atoms with van der Waals surface area (Å²) in [4.78, 5) is 18.5. The molecule has 1 amide bonds. The zero-order valence-corrected chi connectivity index (χ0v) is 13.0. The van der Waals surface area contributed by atoms with Gasteiger partial charge in [0.15, 0.2) is 5.82 Å². The third-order valence-electron chi connectivity index (χ3n) is 4.62. The molecule has 0 radical (unpaired) electrons. The van der Waals surface area contributed by atoms with Crippen LogP contribution < -0.4 is 5.32 Å². The van der Waals surface area contributed by atoms with Crippen molar-refractivity contribution in [2.75, 3.05) is 19.6 Å². The zero-order valence-electron chi connectivity index (χ0n) is 13.0. The highest BCUT2D eigenvalue weighted by Crippen LogP contribution is 2.24.